The van der Waals surface area contributed by atoms with Crippen molar-refractivity contribution < 1.29 is 83.1 Å². The minimum absolute atomic E-state index is 0.0551. The number of nitrogens with one attached hydrogen (secondary N) is 8. The second-order valence-electron chi connectivity index (χ2n) is 18.6. The summed E-state index contributed by atoms with van der Waals surface area (Å²) < 4.78 is 0. The molecule has 3 aromatic rings. The molecule has 0 spiro atoms. The molecule has 8 atom stereocenters. The number of benzene rings is 2. The van der Waals surface area contributed by atoms with Crippen molar-refractivity contribution in [2.75, 3.05) is 13.1 Å². The summed E-state index contributed by atoms with van der Waals surface area (Å²) >= 11 is 0. The van der Waals surface area contributed by atoms with E-state index in [0.717, 1.165) is 0 Å². The van der Waals surface area contributed by atoms with Crippen LogP contribution in [0.2, 0.25) is 0 Å². The summed E-state index contributed by atoms with van der Waals surface area (Å²) in [7, 11) is 0. The molecule has 2 aromatic carbocycles. The molecule has 0 saturated carbocycles. The van der Waals surface area contributed by atoms with Crippen molar-refractivity contribution in [3.8, 4) is 5.75 Å². The number of para-hydroxylation sites is 1. The Labute approximate surface area is 434 Å². The smallest absolute Gasteiger partial charge is 0.326 e. The van der Waals surface area contributed by atoms with E-state index in [4.69, 9.17) is 10.8 Å². The Bertz CT molecular complexity index is 2640. The van der Waals surface area contributed by atoms with E-state index in [1.165, 1.54) is 42.3 Å². The largest absolute Gasteiger partial charge is 0.508 e. The molecule has 412 valence electrons. The van der Waals surface area contributed by atoms with Crippen molar-refractivity contribution in [1.82, 2.24) is 47.1 Å². The fraction of sp³-hybridized carbons (Fsp3) is 0.469. The number of aromatic hydroxyl groups is 1. The average Bonchev–Trinajstić information content (AvgIpc) is 4.01. The normalized spacial score (nSPS) is 15.9. The maximum Gasteiger partial charge on any atom is 0.326 e. The average molecular weight is 1070 g/mol. The molecular formula is C49H64N10O17. The number of carboxylic acid groups (broad SMARTS) is 4. The first-order chi connectivity index (χ1) is 35.8. The lowest BCUT2D eigenvalue weighted by molar-refractivity contribution is -0.147. The van der Waals surface area contributed by atoms with Gasteiger partial charge in [-0.15, -0.1) is 0 Å². The number of carboxylic acids is 4. The van der Waals surface area contributed by atoms with Crippen LogP contribution >= 0.6 is 0 Å². The topological polar surface area (TPSA) is 435 Å². The highest BCUT2D eigenvalue weighted by molar-refractivity contribution is 5.99. The number of fused-ring (bicyclic) bond motifs is 1. The zero-order valence-electron chi connectivity index (χ0n) is 41.8. The van der Waals surface area contributed by atoms with Crippen LogP contribution in [0.15, 0.2) is 54.7 Å². The molecule has 27 nitrogen and oxygen atoms in total. The van der Waals surface area contributed by atoms with E-state index >= 15 is 0 Å². The molecule has 8 amide bonds. The van der Waals surface area contributed by atoms with E-state index in [2.05, 4.69) is 42.2 Å². The maximum atomic E-state index is 14.2. The lowest BCUT2D eigenvalue weighted by Gasteiger charge is -2.29. The second kappa shape index (κ2) is 28.2. The molecule has 0 radical (unpaired) electrons. The molecule has 1 aromatic heterocycles. The van der Waals surface area contributed by atoms with Gasteiger partial charge in [-0.25, -0.2) is 4.79 Å². The van der Waals surface area contributed by atoms with Gasteiger partial charge in [0.1, 0.15) is 48.0 Å². The number of H-pyrrole nitrogens is 1. The first-order valence-electron chi connectivity index (χ1n) is 24.2. The van der Waals surface area contributed by atoms with Crippen molar-refractivity contribution in [2.24, 2.45) is 11.7 Å². The van der Waals surface area contributed by atoms with E-state index in [1.54, 1.807) is 38.1 Å². The van der Waals surface area contributed by atoms with Gasteiger partial charge < -0.3 is 78.4 Å². The second-order valence-corrected chi connectivity index (χ2v) is 18.6. The summed E-state index contributed by atoms with van der Waals surface area (Å²) in [5.41, 5.74) is 7.36. The number of phenolic OH excluding ortho intramolecular Hbond substituents is 1. The van der Waals surface area contributed by atoms with Gasteiger partial charge in [0.15, 0.2) is 0 Å². The number of carbonyl (C=O) groups excluding carboxylic acids is 8. The number of likely N-dealkylation sites (tertiary alicyclic amines) is 1. The number of aliphatic carboxylic acids is 4. The fourth-order valence-electron chi connectivity index (χ4n) is 8.20. The number of phenols is 1. The molecule has 15 N–H and O–H groups in total. The zero-order valence-corrected chi connectivity index (χ0v) is 41.8. The first-order valence-corrected chi connectivity index (χ1v) is 24.2. The van der Waals surface area contributed by atoms with Crippen molar-refractivity contribution in [3.63, 3.8) is 0 Å². The van der Waals surface area contributed by atoms with Crippen molar-refractivity contribution in [1.29, 1.82) is 0 Å². The van der Waals surface area contributed by atoms with Gasteiger partial charge in [0.05, 0.1) is 25.4 Å². The van der Waals surface area contributed by atoms with Crippen LogP contribution in [0.5, 0.6) is 5.75 Å². The Morgan fingerprint density at radius 3 is 1.89 bits per heavy atom. The fourth-order valence-corrected chi connectivity index (χ4v) is 8.20. The van der Waals surface area contributed by atoms with Crippen LogP contribution in [0.4, 0.5) is 0 Å². The number of nitrogens with zero attached hydrogens (tertiary/aromatic N) is 1. The highest BCUT2D eigenvalue weighted by atomic mass is 16.4. The van der Waals surface area contributed by atoms with Gasteiger partial charge in [0.25, 0.3) is 0 Å². The minimum atomic E-state index is -1.93. The maximum absolute atomic E-state index is 14.2. The van der Waals surface area contributed by atoms with Crippen LogP contribution in [0.25, 0.3) is 10.9 Å². The van der Waals surface area contributed by atoms with E-state index in [0.29, 0.717) is 28.5 Å². The van der Waals surface area contributed by atoms with Gasteiger partial charge in [0, 0.05) is 42.9 Å². The van der Waals surface area contributed by atoms with Crippen molar-refractivity contribution >= 4 is 82.0 Å². The van der Waals surface area contributed by atoms with Gasteiger partial charge >= 0.3 is 23.9 Å². The van der Waals surface area contributed by atoms with Crippen LogP contribution in [-0.2, 0) is 70.4 Å². The Morgan fingerprint density at radius 1 is 0.671 bits per heavy atom. The highest BCUT2D eigenvalue weighted by Gasteiger charge is 2.39. The van der Waals surface area contributed by atoms with E-state index < -0.39 is 145 Å². The number of carbonyl (C=O) groups is 12. The number of rotatable bonds is 29. The molecule has 1 fully saturated rings. The third kappa shape index (κ3) is 18.4. The Balaban J connectivity index is 1.46. The molecule has 0 unspecified atom stereocenters. The Hall–Kier alpha value is -8.62. The Kier molecular flexibility index (Phi) is 22.2. The van der Waals surface area contributed by atoms with Crippen LogP contribution in [0.1, 0.15) is 76.8 Å². The molecule has 4 rings (SSSR count). The van der Waals surface area contributed by atoms with Gasteiger partial charge in [0.2, 0.25) is 47.3 Å². The van der Waals surface area contributed by atoms with Crippen LogP contribution in [0, 0.1) is 5.92 Å². The summed E-state index contributed by atoms with van der Waals surface area (Å²) in [5, 5.41) is 64.6. The first kappa shape index (κ1) is 59.9. The standard InChI is InChI=1S/C49H64N10O17/c1-24(2)17-32(44(70)56-34(20-40(64)65)46(72)55-33(45(71)58-36(49(75)76)21-41(66)67)19-27-22-51-31-8-5-4-7-29(27)31)54-38(61)23-52-47(73)37-9-6-16-59(37)48(74)35(18-26-10-12-28(60)13-11-26)57-42(68)25(3)53-43(69)30(50)14-15-39(62)63/h4-5,7-8,10-13,22,24-25,30,32-37,51,60H,6,9,14-21,23,50H2,1-3H3,(H,52,73)(H,53,69)(H,54,61)(H,55,72)(H,56,70)(H,57,68)(H,58,71)(H,62,63)(H,64,65)(H,66,67)(H,75,76)/t25-,30-,32-,33-,34-,35-,36-,37-/m0/s1. The molecule has 1 aliphatic rings. The molecule has 2 heterocycles. The quantitative estimate of drug-likeness (QED) is 0.0356. The summed E-state index contributed by atoms with van der Waals surface area (Å²) in [6.07, 6.45) is -1.19. The Morgan fingerprint density at radius 2 is 1.26 bits per heavy atom. The lowest BCUT2D eigenvalue weighted by atomic mass is 10.0. The van der Waals surface area contributed by atoms with Crippen LogP contribution in [0.3, 0.4) is 0 Å². The molecule has 0 bridgehead atoms. The summed E-state index contributed by atoms with van der Waals surface area (Å²) in [4.78, 5) is 159. The van der Waals surface area contributed by atoms with Gasteiger partial charge in [-0.3, -0.25) is 52.7 Å². The predicted molar refractivity (Wildman–Crippen MR) is 265 cm³/mol. The van der Waals surface area contributed by atoms with E-state index in [-0.39, 0.29) is 50.3 Å². The molecule has 1 saturated heterocycles. The predicted octanol–water partition coefficient (Wildman–Crippen LogP) is -2.03. The number of nitrogens with two attached hydrogens (primary N) is 1. The number of hydrogen-bond donors (Lipinski definition) is 14. The van der Waals surface area contributed by atoms with E-state index in [1.807, 2.05) is 0 Å². The summed E-state index contributed by atoms with van der Waals surface area (Å²) in [6, 6.07) is 0.687. The molecule has 1 aliphatic heterocycles. The number of aromatic amines is 1. The highest BCUT2D eigenvalue weighted by Crippen LogP contribution is 2.22. The summed E-state index contributed by atoms with van der Waals surface area (Å²) in [6.45, 7) is 4.02. The number of aromatic nitrogens is 1. The monoisotopic (exact) mass is 1060 g/mol. The van der Waals surface area contributed by atoms with Crippen molar-refractivity contribution in [2.45, 2.75) is 127 Å². The van der Waals surface area contributed by atoms with E-state index in [9.17, 15) is 78.0 Å². The molecule has 27 heteroatoms. The third-order valence-electron chi connectivity index (χ3n) is 12.1. The molecule has 0 aliphatic carbocycles. The van der Waals surface area contributed by atoms with Crippen molar-refractivity contribution in [3.05, 3.63) is 65.9 Å². The van der Waals surface area contributed by atoms with Gasteiger partial charge in [-0.1, -0.05) is 44.2 Å². The van der Waals surface area contributed by atoms with Crippen LogP contribution < -0.4 is 43.0 Å². The zero-order chi connectivity index (χ0) is 56.4. The number of amides is 8. The molecule has 76 heavy (non-hydrogen) atoms. The van der Waals surface area contributed by atoms with Crippen LogP contribution in [-0.4, -0.2) is 168 Å². The lowest BCUT2D eigenvalue weighted by Crippen LogP contribution is -2.59. The third-order valence-corrected chi connectivity index (χ3v) is 12.1. The van der Waals surface area contributed by atoms with Gasteiger partial charge in [-0.05, 0) is 67.9 Å². The SMILES string of the molecule is CC(C)C[C@H](NC(=O)CNC(=O)[C@@H]1CCCN1C(=O)[C@H](Cc1ccc(O)cc1)NC(=O)[C@H](C)NC(=O)[C@@H](N)CCC(=O)O)C(=O)N[C@@H](CC(=O)O)C(=O)N[C@@H](Cc1c[nH]c2ccccc12)C(=O)N[C@@H](CC(=O)O)C(=O)O. The summed E-state index contributed by atoms with van der Waals surface area (Å²) in [5.74, 6) is -13.8. The number of hydrogen-bond acceptors (Lipinski definition) is 14. The minimum Gasteiger partial charge on any atom is -0.508 e. The molecular weight excluding hydrogens is 1000 g/mol. The van der Waals surface area contributed by atoms with Gasteiger partial charge in [-0.2, -0.15) is 0 Å².